The van der Waals surface area contributed by atoms with Gasteiger partial charge in [-0.05, 0) is 31.5 Å². The molecule has 1 amide bonds. The summed E-state index contributed by atoms with van der Waals surface area (Å²) in [7, 11) is 0. The highest BCUT2D eigenvalue weighted by Gasteiger charge is 2.50. The minimum absolute atomic E-state index is 0.00360. The minimum Gasteiger partial charge on any atom is -0.396 e. The van der Waals surface area contributed by atoms with Crippen LogP contribution in [0.1, 0.15) is 24.5 Å². The molecule has 3 rings (SSSR count). The molecule has 1 aromatic carbocycles. The van der Waals surface area contributed by atoms with Crippen LogP contribution in [0.5, 0.6) is 0 Å². The van der Waals surface area contributed by atoms with Crippen molar-refractivity contribution in [2.45, 2.75) is 19.5 Å². The summed E-state index contributed by atoms with van der Waals surface area (Å²) in [5, 5.41) is 19.1. The molecule has 6 nitrogen and oxygen atoms in total. The monoisotopic (exact) mass is 411 g/mol. The Morgan fingerprint density at radius 2 is 2.17 bits per heavy atom. The zero-order chi connectivity index (χ0) is 21.2. The molecule has 2 saturated heterocycles. The molecule has 9 heteroatoms. The molecule has 0 bridgehead atoms. The van der Waals surface area contributed by atoms with E-state index in [4.69, 9.17) is 10.00 Å². The van der Waals surface area contributed by atoms with E-state index in [9.17, 15) is 23.1 Å². The van der Waals surface area contributed by atoms with Crippen molar-refractivity contribution >= 4 is 11.6 Å². The van der Waals surface area contributed by atoms with Gasteiger partial charge in [0, 0.05) is 49.8 Å². The molecule has 2 heterocycles. The molecular weight excluding hydrogens is 387 g/mol. The summed E-state index contributed by atoms with van der Waals surface area (Å²) in [6.45, 7) is 3.92. The number of nitrogens with zero attached hydrogens (tertiary/aromatic N) is 3. The van der Waals surface area contributed by atoms with Crippen LogP contribution in [0.2, 0.25) is 0 Å². The lowest BCUT2D eigenvalue weighted by molar-refractivity contribution is -0.140. The number of rotatable bonds is 5. The molecule has 29 heavy (non-hydrogen) atoms. The van der Waals surface area contributed by atoms with Crippen LogP contribution in [-0.4, -0.2) is 61.9 Å². The van der Waals surface area contributed by atoms with Gasteiger partial charge in [-0.1, -0.05) is 0 Å². The fraction of sp³-hybridized carbons (Fsp3) is 0.600. The average Bonchev–Trinajstić information content (AvgIpc) is 3.10. The van der Waals surface area contributed by atoms with Gasteiger partial charge in [0.25, 0.3) is 0 Å². The largest absolute Gasteiger partial charge is 0.417 e. The van der Waals surface area contributed by atoms with E-state index < -0.39 is 22.7 Å². The fourth-order valence-electron chi connectivity index (χ4n) is 4.31. The number of nitriles is 1. The Labute approximate surface area is 167 Å². The second kappa shape index (κ2) is 8.20. The first kappa shape index (κ1) is 21.4. The zero-order valence-electron chi connectivity index (χ0n) is 16.2. The van der Waals surface area contributed by atoms with Crippen molar-refractivity contribution in [2.24, 2.45) is 11.3 Å². The molecule has 2 atom stereocenters. The topological polar surface area (TPSA) is 76.8 Å². The lowest BCUT2D eigenvalue weighted by Gasteiger charge is -2.42. The van der Waals surface area contributed by atoms with E-state index in [0.29, 0.717) is 44.9 Å². The van der Waals surface area contributed by atoms with Gasteiger partial charge in [-0.3, -0.25) is 4.79 Å². The van der Waals surface area contributed by atoms with Crippen molar-refractivity contribution in [2.75, 3.05) is 50.9 Å². The molecule has 2 fully saturated rings. The predicted molar refractivity (Wildman–Crippen MR) is 99.1 cm³/mol. The summed E-state index contributed by atoms with van der Waals surface area (Å²) in [6.07, 6.45) is -4.05. The second-order valence-electron chi connectivity index (χ2n) is 7.66. The molecule has 0 spiro atoms. The van der Waals surface area contributed by atoms with Gasteiger partial charge in [0.05, 0.1) is 23.8 Å². The van der Waals surface area contributed by atoms with E-state index in [1.165, 1.54) is 12.1 Å². The summed E-state index contributed by atoms with van der Waals surface area (Å²) in [4.78, 5) is 15.8. The molecule has 0 radical (unpaired) electrons. The number of hydrogen-bond donors (Lipinski definition) is 1. The Bertz CT molecular complexity index is 808. The molecule has 1 aromatic rings. The molecule has 1 N–H and O–H groups in total. The number of aliphatic hydroxyl groups is 1. The molecule has 0 unspecified atom stereocenters. The lowest BCUT2D eigenvalue weighted by Crippen LogP contribution is -2.51. The third-order valence-corrected chi connectivity index (χ3v) is 6.02. The Hall–Kier alpha value is -2.31. The highest BCUT2D eigenvalue weighted by Crippen LogP contribution is 2.45. The van der Waals surface area contributed by atoms with E-state index in [0.717, 1.165) is 6.07 Å². The van der Waals surface area contributed by atoms with Crippen molar-refractivity contribution in [3.63, 3.8) is 0 Å². The molecule has 158 valence electrons. The molecule has 0 aromatic heterocycles. The Kier molecular flexibility index (Phi) is 6.05. The molecular formula is C20H24F3N3O3. The van der Waals surface area contributed by atoms with Crippen LogP contribution >= 0.6 is 0 Å². The Balaban J connectivity index is 1.81. The smallest absolute Gasteiger partial charge is 0.396 e. The molecule has 2 aliphatic heterocycles. The number of carbonyl (C=O) groups excluding carboxylic acids is 1. The highest BCUT2D eigenvalue weighted by atomic mass is 19.4. The van der Waals surface area contributed by atoms with Gasteiger partial charge in [0.2, 0.25) is 5.91 Å². The minimum atomic E-state index is -4.62. The van der Waals surface area contributed by atoms with Crippen molar-refractivity contribution in [1.29, 1.82) is 5.26 Å². The second-order valence-corrected chi connectivity index (χ2v) is 7.66. The number of anilines is 1. The van der Waals surface area contributed by atoms with E-state index in [1.807, 2.05) is 11.8 Å². The van der Waals surface area contributed by atoms with Gasteiger partial charge in [-0.15, -0.1) is 0 Å². The first-order valence-corrected chi connectivity index (χ1v) is 9.56. The number of likely N-dealkylation sites (tertiary alicyclic amines) is 1. The van der Waals surface area contributed by atoms with Crippen LogP contribution in [0.25, 0.3) is 0 Å². The van der Waals surface area contributed by atoms with Crippen LogP contribution in [0.4, 0.5) is 18.9 Å². The Morgan fingerprint density at radius 3 is 2.79 bits per heavy atom. The standard InChI is InChI=1S/C20H24F3N3O3/c1-2-29-11-18(28)25-6-5-19(13-27)12-26(10-15(19)9-25)16-4-3-14(8-24)17(7-16)20(21,22)23/h3-4,7,15,27H,2,5-6,9-13H2,1H3/t15-,19+/m1/s1. The maximum absolute atomic E-state index is 13.3. The summed E-state index contributed by atoms with van der Waals surface area (Å²) < 4.78 is 45.1. The number of hydrogen-bond acceptors (Lipinski definition) is 5. The normalized spacial score (nSPS) is 24.3. The first-order valence-electron chi connectivity index (χ1n) is 9.56. The summed E-state index contributed by atoms with van der Waals surface area (Å²) in [5.41, 5.74) is -1.47. The number of carbonyl (C=O) groups is 1. The van der Waals surface area contributed by atoms with E-state index in [1.54, 1.807) is 11.0 Å². The van der Waals surface area contributed by atoms with Crippen LogP contribution in [0.3, 0.4) is 0 Å². The molecule has 0 saturated carbocycles. The lowest BCUT2D eigenvalue weighted by atomic mass is 9.73. The van der Waals surface area contributed by atoms with E-state index in [2.05, 4.69) is 0 Å². The van der Waals surface area contributed by atoms with Crippen LogP contribution < -0.4 is 4.90 Å². The van der Waals surface area contributed by atoms with Crippen LogP contribution in [-0.2, 0) is 15.7 Å². The highest BCUT2D eigenvalue weighted by molar-refractivity contribution is 5.77. The van der Waals surface area contributed by atoms with Gasteiger partial charge in [-0.25, -0.2) is 0 Å². The van der Waals surface area contributed by atoms with E-state index >= 15 is 0 Å². The van der Waals surface area contributed by atoms with Crippen LogP contribution in [0.15, 0.2) is 18.2 Å². The number of halogens is 3. The van der Waals surface area contributed by atoms with Crippen LogP contribution in [0, 0.1) is 22.7 Å². The maximum atomic E-state index is 13.3. The molecule has 2 aliphatic rings. The van der Waals surface area contributed by atoms with Gasteiger partial charge in [-0.2, -0.15) is 18.4 Å². The third-order valence-electron chi connectivity index (χ3n) is 6.02. The third kappa shape index (κ3) is 4.19. The number of aliphatic hydroxyl groups excluding tert-OH is 1. The van der Waals surface area contributed by atoms with Crippen molar-refractivity contribution in [1.82, 2.24) is 4.90 Å². The summed E-state index contributed by atoms with van der Waals surface area (Å²) in [6, 6.07) is 5.28. The number of amides is 1. The van der Waals surface area contributed by atoms with Gasteiger partial charge >= 0.3 is 6.18 Å². The zero-order valence-corrected chi connectivity index (χ0v) is 16.2. The number of piperidine rings is 1. The number of ether oxygens (including phenoxy) is 1. The quantitative estimate of drug-likeness (QED) is 0.804. The summed E-state index contributed by atoms with van der Waals surface area (Å²) in [5.74, 6) is -0.175. The number of alkyl halides is 3. The number of benzene rings is 1. The SMILES string of the molecule is CCOCC(=O)N1CC[C@@]2(CO)CN(c3ccc(C#N)c(C(F)(F)F)c3)C[C@H]2C1. The van der Waals surface area contributed by atoms with Gasteiger partial charge in [0.15, 0.2) is 0 Å². The van der Waals surface area contributed by atoms with Crippen molar-refractivity contribution in [3.8, 4) is 6.07 Å². The first-order chi connectivity index (χ1) is 13.7. The Morgan fingerprint density at radius 1 is 1.41 bits per heavy atom. The number of fused-ring (bicyclic) bond motifs is 1. The van der Waals surface area contributed by atoms with Gasteiger partial charge in [0.1, 0.15) is 6.61 Å². The molecule has 0 aliphatic carbocycles. The average molecular weight is 411 g/mol. The van der Waals surface area contributed by atoms with E-state index in [-0.39, 0.29) is 25.0 Å². The van der Waals surface area contributed by atoms with Gasteiger partial charge < -0.3 is 19.6 Å². The maximum Gasteiger partial charge on any atom is 0.417 e. The predicted octanol–water partition coefficient (Wildman–Crippen LogP) is 2.26. The fourth-order valence-corrected chi connectivity index (χ4v) is 4.31. The summed E-state index contributed by atoms with van der Waals surface area (Å²) >= 11 is 0. The van der Waals surface area contributed by atoms with Crippen molar-refractivity contribution < 1.29 is 27.8 Å². The van der Waals surface area contributed by atoms with Crippen molar-refractivity contribution in [3.05, 3.63) is 29.3 Å².